The number of aryl methyl sites for hydroxylation is 1. The Morgan fingerprint density at radius 1 is 1.69 bits per heavy atom. The highest BCUT2D eigenvalue weighted by Gasteiger charge is 2.22. The van der Waals surface area contributed by atoms with E-state index in [1.807, 2.05) is 11.7 Å². The van der Waals surface area contributed by atoms with Gasteiger partial charge in [-0.15, -0.1) is 0 Å². The Kier molecular flexibility index (Phi) is 1.92. The van der Waals surface area contributed by atoms with E-state index in [1.54, 1.807) is 6.20 Å². The first-order chi connectivity index (χ1) is 6.18. The summed E-state index contributed by atoms with van der Waals surface area (Å²) < 4.78 is 1.83. The number of hydrogen-bond donors (Lipinski definition) is 1. The molecule has 0 fully saturated rings. The molecule has 1 aromatic rings. The fraction of sp³-hybridized carbons (Fsp3) is 0.556. The molecular formula is C9H13N3O. The predicted octanol–water partition coefficient (Wildman–Crippen LogP) is -0.195. The highest BCUT2D eigenvalue weighted by molar-refractivity contribution is 5.86. The molecule has 2 N–H and O–H groups in total. The van der Waals surface area contributed by atoms with E-state index in [-0.39, 0.29) is 11.8 Å². The van der Waals surface area contributed by atoms with E-state index in [4.69, 9.17) is 5.73 Å². The van der Waals surface area contributed by atoms with Crippen molar-refractivity contribution >= 4 is 5.78 Å². The first-order valence-corrected chi connectivity index (χ1v) is 4.46. The number of fused-ring (bicyclic) bond motifs is 1. The van der Waals surface area contributed by atoms with Crippen LogP contribution in [-0.4, -0.2) is 21.6 Å². The van der Waals surface area contributed by atoms with Crippen molar-refractivity contribution in [2.45, 2.75) is 25.3 Å². The van der Waals surface area contributed by atoms with Crippen LogP contribution in [0, 0.1) is 0 Å². The summed E-state index contributed by atoms with van der Waals surface area (Å²) in [5.74, 6) is 0.131. The SMILES string of the molecule is Cn1ncc2c1CCC(N)C(=O)C2. The number of carbonyl (C=O) groups is 1. The van der Waals surface area contributed by atoms with Crippen LogP contribution >= 0.6 is 0 Å². The van der Waals surface area contributed by atoms with E-state index < -0.39 is 0 Å². The molecule has 0 amide bonds. The molecule has 1 aliphatic rings. The van der Waals surface area contributed by atoms with Gasteiger partial charge < -0.3 is 5.73 Å². The normalized spacial score (nSPS) is 22.6. The molecule has 0 aliphatic heterocycles. The average molecular weight is 179 g/mol. The van der Waals surface area contributed by atoms with Gasteiger partial charge in [-0.25, -0.2) is 0 Å². The topological polar surface area (TPSA) is 60.9 Å². The van der Waals surface area contributed by atoms with Gasteiger partial charge in [0.2, 0.25) is 0 Å². The van der Waals surface area contributed by atoms with Gasteiger partial charge in [0, 0.05) is 24.7 Å². The Bertz CT molecular complexity index is 343. The fourth-order valence-electron chi connectivity index (χ4n) is 1.75. The number of hydrogen-bond acceptors (Lipinski definition) is 3. The molecule has 0 bridgehead atoms. The van der Waals surface area contributed by atoms with Gasteiger partial charge >= 0.3 is 0 Å². The number of ketones is 1. The number of aromatic nitrogens is 2. The zero-order valence-corrected chi connectivity index (χ0v) is 7.66. The summed E-state index contributed by atoms with van der Waals surface area (Å²) in [5.41, 5.74) is 7.88. The lowest BCUT2D eigenvalue weighted by Crippen LogP contribution is -2.30. The van der Waals surface area contributed by atoms with Gasteiger partial charge in [0.1, 0.15) is 0 Å². The molecule has 2 rings (SSSR count). The van der Waals surface area contributed by atoms with Crippen LogP contribution in [0.5, 0.6) is 0 Å². The molecule has 1 aliphatic carbocycles. The van der Waals surface area contributed by atoms with Crippen LogP contribution in [0.1, 0.15) is 17.7 Å². The van der Waals surface area contributed by atoms with Crippen molar-refractivity contribution in [2.24, 2.45) is 12.8 Å². The second-order valence-electron chi connectivity index (χ2n) is 3.53. The monoisotopic (exact) mass is 179 g/mol. The summed E-state index contributed by atoms with van der Waals surface area (Å²) in [4.78, 5) is 11.4. The molecule has 1 aromatic heterocycles. The summed E-state index contributed by atoms with van der Waals surface area (Å²) in [6.45, 7) is 0. The second-order valence-corrected chi connectivity index (χ2v) is 3.53. The minimum absolute atomic E-state index is 0.131. The molecule has 13 heavy (non-hydrogen) atoms. The number of Topliss-reactive ketones (excluding diaryl/α,β-unsaturated/α-hetero) is 1. The zero-order valence-electron chi connectivity index (χ0n) is 7.66. The summed E-state index contributed by atoms with van der Waals surface area (Å²) in [6, 6.07) is -0.285. The van der Waals surface area contributed by atoms with Crippen molar-refractivity contribution in [3.63, 3.8) is 0 Å². The number of nitrogens with two attached hydrogens (primary N) is 1. The van der Waals surface area contributed by atoms with Gasteiger partial charge in [-0.3, -0.25) is 9.48 Å². The third kappa shape index (κ3) is 1.37. The van der Waals surface area contributed by atoms with Gasteiger partial charge in [-0.05, 0) is 12.8 Å². The maximum atomic E-state index is 11.4. The molecule has 0 aromatic carbocycles. The number of nitrogens with zero attached hydrogens (tertiary/aromatic N) is 2. The molecule has 4 heteroatoms. The van der Waals surface area contributed by atoms with E-state index in [0.29, 0.717) is 6.42 Å². The van der Waals surface area contributed by atoms with Crippen molar-refractivity contribution in [2.75, 3.05) is 0 Å². The Morgan fingerprint density at radius 2 is 2.46 bits per heavy atom. The van der Waals surface area contributed by atoms with E-state index in [2.05, 4.69) is 5.10 Å². The van der Waals surface area contributed by atoms with Crippen LogP contribution in [-0.2, 0) is 24.7 Å². The molecule has 4 nitrogen and oxygen atoms in total. The molecule has 0 radical (unpaired) electrons. The molecule has 1 unspecified atom stereocenters. The van der Waals surface area contributed by atoms with E-state index in [9.17, 15) is 4.79 Å². The molecular weight excluding hydrogens is 166 g/mol. The van der Waals surface area contributed by atoms with E-state index in [1.165, 1.54) is 0 Å². The largest absolute Gasteiger partial charge is 0.321 e. The van der Waals surface area contributed by atoms with E-state index >= 15 is 0 Å². The number of carbonyl (C=O) groups excluding carboxylic acids is 1. The van der Waals surface area contributed by atoms with Crippen LogP contribution in [0.3, 0.4) is 0 Å². The van der Waals surface area contributed by atoms with Gasteiger partial charge in [-0.2, -0.15) is 5.10 Å². The van der Waals surface area contributed by atoms with Gasteiger partial charge in [0.25, 0.3) is 0 Å². The first kappa shape index (κ1) is 8.44. The molecule has 1 heterocycles. The highest BCUT2D eigenvalue weighted by Crippen LogP contribution is 2.16. The Balaban J connectivity index is 2.36. The van der Waals surface area contributed by atoms with Crippen LogP contribution < -0.4 is 5.73 Å². The van der Waals surface area contributed by atoms with Crippen molar-refractivity contribution in [1.82, 2.24) is 9.78 Å². The van der Waals surface area contributed by atoms with Crippen molar-refractivity contribution < 1.29 is 4.79 Å². The predicted molar refractivity (Wildman–Crippen MR) is 48.2 cm³/mol. The lowest BCUT2D eigenvalue weighted by atomic mass is 10.1. The molecule has 0 spiro atoms. The average Bonchev–Trinajstić information content (AvgIpc) is 2.36. The van der Waals surface area contributed by atoms with Crippen LogP contribution in [0.2, 0.25) is 0 Å². The Labute approximate surface area is 76.7 Å². The smallest absolute Gasteiger partial charge is 0.154 e. The maximum Gasteiger partial charge on any atom is 0.154 e. The van der Waals surface area contributed by atoms with Gasteiger partial charge in [-0.1, -0.05) is 0 Å². The van der Waals surface area contributed by atoms with Gasteiger partial charge in [0.15, 0.2) is 5.78 Å². The molecule has 0 saturated heterocycles. The van der Waals surface area contributed by atoms with Crippen LogP contribution in [0.25, 0.3) is 0 Å². The fourth-order valence-corrected chi connectivity index (χ4v) is 1.75. The van der Waals surface area contributed by atoms with Gasteiger partial charge in [0.05, 0.1) is 12.2 Å². The molecule has 0 saturated carbocycles. The summed E-state index contributed by atoms with van der Waals surface area (Å²) >= 11 is 0. The quantitative estimate of drug-likeness (QED) is 0.561. The van der Waals surface area contributed by atoms with Crippen LogP contribution in [0.4, 0.5) is 0 Å². The molecule has 70 valence electrons. The molecule has 1 atom stereocenters. The number of rotatable bonds is 0. The lowest BCUT2D eigenvalue weighted by molar-refractivity contribution is -0.119. The van der Waals surface area contributed by atoms with Crippen LogP contribution in [0.15, 0.2) is 6.20 Å². The van der Waals surface area contributed by atoms with Crippen molar-refractivity contribution in [3.05, 3.63) is 17.5 Å². The standard InChI is InChI=1S/C9H13N3O/c1-12-8-3-2-7(10)9(13)4-6(8)5-11-12/h5,7H,2-4,10H2,1H3. The second kappa shape index (κ2) is 2.96. The third-order valence-corrected chi connectivity index (χ3v) is 2.62. The minimum Gasteiger partial charge on any atom is -0.321 e. The maximum absolute atomic E-state index is 11.4. The zero-order chi connectivity index (χ0) is 9.42. The highest BCUT2D eigenvalue weighted by atomic mass is 16.1. The third-order valence-electron chi connectivity index (χ3n) is 2.62. The first-order valence-electron chi connectivity index (χ1n) is 4.46. The Morgan fingerprint density at radius 3 is 3.23 bits per heavy atom. The summed E-state index contributed by atoms with van der Waals surface area (Å²) in [5, 5.41) is 4.12. The lowest BCUT2D eigenvalue weighted by Gasteiger charge is -2.04. The van der Waals surface area contributed by atoms with Crippen molar-refractivity contribution in [3.8, 4) is 0 Å². The van der Waals surface area contributed by atoms with E-state index in [0.717, 1.165) is 24.1 Å². The summed E-state index contributed by atoms with van der Waals surface area (Å²) in [6.07, 6.45) is 3.82. The van der Waals surface area contributed by atoms with Crippen molar-refractivity contribution in [1.29, 1.82) is 0 Å². The summed E-state index contributed by atoms with van der Waals surface area (Å²) in [7, 11) is 1.90. The Hall–Kier alpha value is -1.16. The minimum atomic E-state index is -0.285.